The highest BCUT2D eigenvalue weighted by Crippen LogP contribution is 2.30. The number of carbonyl (C=O) groups is 2. The molecule has 0 amide bonds. The molecule has 16 heavy (non-hydrogen) atoms. The first-order valence-corrected chi connectivity index (χ1v) is 5.18. The van der Waals surface area contributed by atoms with E-state index in [1.807, 2.05) is 30.3 Å². The zero-order chi connectivity index (χ0) is 11.4. The van der Waals surface area contributed by atoms with Crippen molar-refractivity contribution in [2.75, 3.05) is 0 Å². The molecule has 0 spiro atoms. The normalized spacial score (nSPS) is 14.2. The third-order valence-electron chi connectivity index (χ3n) is 2.29. The summed E-state index contributed by atoms with van der Waals surface area (Å²) in [5.74, 6) is -0.567. The first kappa shape index (κ1) is 10.7. The van der Waals surface area contributed by atoms with E-state index in [0.717, 1.165) is 18.4 Å². The van der Waals surface area contributed by atoms with Gasteiger partial charge in [-0.25, -0.2) is 4.79 Å². The fraction of sp³-hybridized carbons (Fsp3) is 0.333. The largest absolute Gasteiger partial charge is 0.516 e. The van der Waals surface area contributed by atoms with Gasteiger partial charge < -0.3 is 9.47 Å². The van der Waals surface area contributed by atoms with Gasteiger partial charge in [-0.2, -0.15) is 0 Å². The maximum atomic E-state index is 11.1. The summed E-state index contributed by atoms with van der Waals surface area (Å²) in [6.45, 7) is 0.123. The summed E-state index contributed by atoms with van der Waals surface area (Å²) >= 11 is 0. The molecule has 4 nitrogen and oxygen atoms in total. The number of ether oxygens (including phenoxy) is 2. The Morgan fingerprint density at radius 2 is 1.88 bits per heavy atom. The van der Waals surface area contributed by atoms with Crippen LogP contribution in [0, 0.1) is 5.92 Å². The number of esters is 1. The summed E-state index contributed by atoms with van der Waals surface area (Å²) in [7, 11) is 0. The van der Waals surface area contributed by atoms with Crippen molar-refractivity contribution < 1.29 is 19.1 Å². The van der Waals surface area contributed by atoms with E-state index >= 15 is 0 Å². The second-order valence-electron chi connectivity index (χ2n) is 3.72. The van der Waals surface area contributed by atoms with E-state index in [4.69, 9.17) is 4.74 Å². The molecule has 1 saturated carbocycles. The standard InChI is InChI=1S/C12H12O4/c13-11(10-6-7-10)16-12(14)15-8-9-4-2-1-3-5-9/h1-5,10H,6-8H2. The van der Waals surface area contributed by atoms with Crippen molar-refractivity contribution in [1.82, 2.24) is 0 Å². The summed E-state index contributed by atoms with van der Waals surface area (Å²) in [6.07, 6.45) is 0.705. The quantitative estimate of drug-likeness (QED) is 0.579. The minimum absolute atomic E-state index is 0.0933. The molecule has 0 N–H and O–H groups in total. The van der Waals surface area contributed by atoms with Crippen molar-refractivity contribution >= 4 is 12.1 Å². The van der Waals surface area contributed by atoms with Gasteiger partial charge in [0.25, 0.3) is 0 Å². The minimum Gasteiger partial charge on any atom is -0.429 e. The molecule has 0 atom stereocenters. The zero-order valence-electron chi connectivity index (χ0n) is 8.72. The smallest absolute Gasteiger partial charge is 0.429 e. The van der Waals surface area contributed by atoms with Crippen molar-refractivity contribution in [2.45, 2.75) is 19.4 Å². The van der Waals surface area contributed by atoms with Gasteiger partial charge in [0.05, 0.1) is 5.92 Å². The van der Waals surface area contributed by atoms with Crippen LogP contribution in [0.15, 0.2) is 30.3 Å². The topological polar surface area (TPSA) is 52.6 Å². The molecule has 0 aliphatic heterocycles. The predicted octanol–water partition coefficient (Wildman–Crippen LogP) is 2.28. The fourth-order valence-corrected chi connectivity index (χ4v) is 1.23. The molecule has 1 aliphatic carbocycles. The Bertz CT molecular complexity index is 381. The van der Waals surface area contributed by atoms with Crippen LogP contribution in [0.3, 0.4) is 0 Å². The lowest BCUT2D eigenvalue weighted by Crippen LogP contribution is -2.14. The summed E-state index contributed by atoms with van der Waals surface area (Å²) < 4.78 is 9.29. The Labute approximate surface area is 93.2 Å². The molecule has 1 aromatic carbocycles. The molecule has 0 heterocycles. The Morgan fingerprint density at radius 3 is 2.50 bits per heavy atom. The first-order valence-electron chi connectivity index (χ1n) is 5.18. The number of benzene rings is 1. The summed E-state index contributed by atoms with van der Waals surface area (Å²) in [6, 6.07) is 9.23. The average Bonchev–Trinajstić information content (AvgIpc) is 3.11. The third-order valence-corrected chi connectivity index (χ3v) is 2.29. The SMILES string of the molecule is O=C(OCc1ccccc1)OC(=O)C1CC1. The van der Waals surface area contributed by atoms with Gasteiger partial charge in [0, 0.05) is 0 Å². The molecular weight excluding hydrogens is 208 g/mol. The molecule has 0 bridgehead atoms. The summed E-state index contributed by atoms with van der Waals surface area (Å²) in [5, 5.41) is 0. The Balaban J connectivity index is 1.73. The van der Waals surface area contributed by atoms with Crippen molar-refractivity contribution in [3.63, 3.8) is 0 Å². The van der Waals surface area contributed by atoms with Crippen molar-refractivity contribution in [3.8, 4) is 0 Å². The Kier molecular flexibility index (Phi) is 3.19. The number of carbonyl (C=O) groups excluding carboxylic acids is 2. The lowest BCUT2D eigenvalue weighted by atomic mass is 10.2. The molecule has 1 aliphatic rings. The molecule has 0 radical (unpaired) electrons. The average molecular weight is 220 g/mol. The fourth-order valence-electron chi connectivity index (χ4n) is 1.23. The van der Waals surface area contributed by atoms with Gasteiger partial charge in [-0.15, -0.1) is 0 Å². The van der Waals surface area contributed by atoms with Crippen LogP contribution in [0.1, 0.15) is 18.4 Å². The van der Waals surface area contributed by atoms with Crippen LogP contribution in [0.4, 0.5) is 4.79 Å². The van der Waals surface area contributed by atoms with E-state index < -0.39 is 12.1 Å². The molecule has 0 unspecified atom stereocenters. The first-order chi connectivity index (χ1) is 7.75. The molecule has 1 aromatic rings. The van der Waals surface area contributed by atoms with Crippen LogP contribution < -0.4 is 0 Å². The predicted molar refractivity (Wildman–Crippen MR) is 55.4 cm³/mol. The van der Waals surface area contributed by atoms with Crippen molar-refractivity contribution in [2.24, 2.45) is 5.92 Å². The molecule has 2 rings (SSSR count). The second kappa shape index (κ2) is 4.79. The van der Waals surface area contributed by atoms with E-state index in [1.54, 1.807) is 0 Å². The molecule has 0 aromatic heterocycles. The maximum Gasteiger partial charge on any atom is 0.516 e. The molecule has 4 heteroatoms. The summed E-state index contributed by atoms with van der Waals surface area (Å²) in [4.78, 5) is 22.2. The van der Waals surface area contributed by atoms with Crippen molar-refractivity contribution in [3.05, 3.63) is 35.9 Å². The van der Waals surface area contributed by atoms with E-state index in [9.17, 15) is 9.59 Å². The Morgan fingerprint density at radius 1 is 1.19 bits per heavy atom. The highest BCUT2D eigenvalue weighted by Gasteiger charge is 2.33. The van der Waals surface area contributed by atoms with Crippen LogP contribution in [0.25, 0.3) is 0 Å². The van der Waals surface area contributed by atoms with E-state index in [0.29, 0.717) is 0 Å². The number of hydrogen-bond donors (Lipinski definition) is 0. The highest BCUT2D eigenvalue weighted by atomic mass is 16.7. The van der Waals surface area contributed by atoms with Gasteiger partial charge in [0.1, 0.15) is 6.61 Å². The summed E-state index contributed by atoms with van der Waals surface area (Å²) in [5.41, 5.74) is 0.860. The van der Waals surface area contributed by atoms with Gasteiger partial charge in [-0.1, -0.05) is 30.3 Å². The molecule has 1 fully saturated rings. The van der Waals surface area contributed by atoms with Gasteiger partial charge in [-0.05, 0) is 18.4 Å². The monoisotopic (exact) mass is 220 g/mol. The van der Waals surface area contributed by atoms with E-state index in [1.165, 1.54) is 0 Å². The third kappa shape index (κ3) is 3.08. The van der Waals surface area contributed by atoms with Crippen LogP contribution in [-0.2, 0) is 20.9 Å². The maximum absolute atomic E-state index is 11.1. The van der Waals surface area contributed by atoms with Crippen LogP contribution in [0.5, 0.6) is 0 Å². The number of hydrogen-bond acceptors (Lipinski definition) is 4. The number of rotatable bonds is 3. The van der Waals surface area contributed by atoms with Gasteiger partial charge in [-0.3, -0.25) is 4.79 Å². The second-order valence-corrected chi connectivity index (χ2v) is 3.72. The lowest BCUT2D eigenvalue weighted by Gasteiger charge is -2.04. The lowest BCUT2D eigenvalue weighted by molar-refractivity contribution is -0.141. The van der Waals surface area contributed by atoms with Crippen LogP contribution in [0.2, 0.25) is 0 Å². The van der Waals surface area contributed by atoms with E-state index in [-0.39, 0.29) is 12.5 Å². The van der Waals surface area contributed by atoms with E-state index in [2.05, 4.69) is 4.74 Å². The highest BCUT2D eigenvalue weighted by molar-refractivity contribution is 5.84. The van der Waals surface area contributed by atoms with Crippen molar-refractivity contribution in [1.29, 1.82) is 0 Å². The van der Waals surface area contributed by atoms with Crippen LogP contribution in [-0.4, -0.2) is 12.1 Å². The van der Waals surface area contributed by atoms with Crippen LogP contribution >= 0.6 is 0 Å². The Hall–Kier alpha value is -1.84. The minimum atomic E-state index is -0.916. The molecule has 0 saturated heterocycles. The van der Waals surface area contributed by atoms with Gasteiger partial charge in [0.15, 0.2) is 0 Å². The zero-order valence-corrected chi connectivity index (χ0v) is 8.72. The molecule has 84 valence electrons. The van der Waals surface area contributed by atoms with Gasteiger partial charge >= 0.3 is 12.1 Å². The molecular formula is C12H12O4. The van der Waals surface area contributed by atoms with Gasteiger partial charge in [0.2, 0.25) is 0 Å².